The number of unbranched alkanes of at least 4 members (excludes halogenated alkanes) is 1. The van der Waals surface area contributed by atoms with E-state index in [0.717, 1.165) is 28.8 Å². The minimum Gasteiger partial charge on any atom is -0.492 e. The molecule has 1 heterocycles. The van der Waals surface area contributed by atoms with Crippen LogP contribution in [0.2, 0.25) is 0 Å². The van der Waals surface area contributed by atoms with Gasteiger partial charge in [0, 0.05) is 25.7 Å². The van der Waals surface area contributed by atoms with E-state index in [1.807, 2.05) is 50.6 Å². The number of carbonyl (C=O) groups excluding carboxylic acids is 1. The van der Waals surface area contributed by atoms with E-state index in [2.05, 4.69) is 4.99 Å². The highest BCUT2D eigenvalue weighted by atomic mass is 32.2. The number of sulfonamides is 1. The lowest BCUT2D eigenvalue weighted by molar-refractivity contribution is 0.0998. The summed E-state index contributed by atoms with van der Waals surface area (Å²) in [4.78, 5) is 17.8. The fourth-order valence-corrected chi connectivity index (χ4v) is 5.92. The number of benzene rings is 2. The number of nitrogens with zero attached hydrogens (tertiary/aromatic N) is 3. The van der Waals surface area contributed by atoms with E-state index in [-0.39, 0.29) is 4.90 Å². The summed E-state index contributed by atoms with van der Waals surface area (Å²) in [5, 5.41) is 0. The first-order valence-corrected chi connectivity index (χ1v) is 13.0. The maximum atomic E-state index is 12.9. The Kier molecular flexibility index (Phi) is 7.86. The number of aromatic nitrogens is 1. The summed E-state index contributed by atoms with van der Waals surface area (Å²) >= 11 is 1.40. The first kappa shape index (κ1) is 24.2. The second-order valence-electron chi connectivity index (χ2n) is 7.27. The van der Waals surface area contributed by atoms with Crippen molar-refractivity contribution in [3.05, 3.63) is 52.8 Å². The normalized spacial score (nSPS) is 12.6. The Labute approximate surface area is 193 Å². The lowest BCUT2D eigenvalue weighted by atomic mass is 10.2. The number of aryl methyl sites for hydroxylation is 1. The molecule has 1 aromatic heterocycles. The predicted octanol–water partition coefficient (Wildman–Crippen LogP) is 4.19. The van der Waals surface area contributed by atoms with Gasteiger partial charge in [0.25, 0.3) is 5.91 Å². The second-order valence-corrected chi connectivity index (χ2v) is 10.2. The Morgan fingerprint density at radius 1 is 1.12 bits per heavy atom. The molecule has 9 heteroatoms. The van der Waals surface area contributed by atoms with E-state index in [0.29, 0.717) is 30.1 Å². The van der Waals surface area contributed by atoms with Gasteiger partial charge in [0.2, 0.25) is 10.0 Å². The summed E-state index contributed by atoms with van der Waals surface area (Å²) < 4.78 is 35.7. The largest absolute Gasteiger partial charge is 0.492 e. The van der Waals surface area contributed by atoms with Crippen LogP contribution in [-0.4, -0.2) is 42.9 Å². The van der Waals surface area contributed by atoms with Gasteiger partial charge in [0.15, 0.2) is 4.80 Å². The number of amides is 1. The lowest BCUT2D eigenvalue weighted by Crippen LogP contribution is -2.31. The predicted molar refractivity (Wildman–Crippen MR) is 128 cm³/mol. The van der Waals surface area contributed by atoms with Crippen LogP contribution in [0.4, 0.5) is 0 Å². The van der Waals surface area contributed by atoms with Gasteiger partial charge in [-0.2, -0.15) is 9.30 Å². The van der Waals surface area contributed by atoms with Gasteiger partial charge in [-0.05, 0) is 49.7 Å². The zero-order valence-corrected chi connectivity index (χ0v) is 20.5. The van der Waals surface area contributed by atoms with Crippen molar-refractivity contribution in [3.63, 3.8) is 0 Å². The molecule has 3 aromatic rings. The van der Waals surface area contributed by atoms with Crippen LogP contribution in [0, 0.1) is 0 Å². The molecule has 1 amide bonds. The van der Waals surface area contributed by atoms with Crippen molar-refractivity contribution in [3.8, 4) is 5.75 Å². The lowest BCUT2D eigenvalue weighted by Gasteiger charge is -2.20. The number of para-hydroxylation sites is 1. The van der Waals surface area contributed by atoms with Crippen molar-refractivity contribution in [1.82, 2.24) is 8.87 Å². The molecule has 0 aliphatic carbocycles. The second kappa shape index (κ2) is 10.4. The van der Waals surface area contributed by atoms with Crippen LogP contribution < -0.4 is 9.54 Å². The van der Waals surface area contributed by atoms with Gasteiger partial charge in [-0.3, -0.25) is 4.79 Å². The van der Waals surface area contributed by atoms with Crippen molar-refractivity contribution < 1.29 is 17.9 Å². The Balaban J connectivity index is 1.90. The summed E-state index contributed by atoms with van der Waals surface area (Å²) in [7, 11) is -1.74. The van der Waals surface area contributed by atoms with Gasteiger partial charge in [-0.25, -0.2) is 8.42 Å². The molecular weight excluding hydrogens is 446 g/mol. The van der Waals surface area contributed by atoms with E-state index >= 15 is 0 Å². The van der Waals surface area contributed by atoms with Gasteiger partial charge in [-0.1, -0.05) is 37.7 Å². The van der Waals surface area contributed by atoms with E-state index in [9.17, 15) is 13.2 Å². The molecule has 172 valence electrons. The van der Waals surface area contributed by atoms with Crippen molar-refractivity contribution in [2.75, 3.05) is 19.7 Å². The van der Waals surface area contributed by atoms with Crippen LogP contribution in [0.3, 0.4) is 0 Å². The van der Waals surface area contributed by atoms with E-state index in [1.165, 1.54) is 39.9 Å². The molecule has 0 atom stereocenters. The summed E-state index contributed by atoms with van der Waals surface area (Å²) in [6, 6.07) is 11.8. The Bertz CT molecular complexity index is 1260. The summed E-state index contributed by atoms with van der Waals surface area (Å²) in [6.45, 7) is 7.21. The third-order valence-corrected chi connectivity index (χ3v) is 8.22. The number of hydrogen-bond acceptors (Lipinski definition) is 5. The molecule has 0 aliphatic heterocycles. The highest BCUT2D eigenvalue weighted by Crippen LogP contribution is 2.27. The molecule has 0 fully saturated rings. The summed E-state index contributed by atoms with van der Waals surface area (Å²) in [5.74, 6) is 0.322. The van der Waals surface area contributed by atoms with Gasteiger partial charge in [0.05, 0.1) is 16.2 Å². The van der Waals surface area contributed by atoms with Crippen LogP contribution in [-0.2, 0) is 17.1 Å². The Hall–Kier alpha value is -2.49. The molecule has 3 rings (SSSR count). The van der Waals surface area contributed by atoms with Gasteiger partial charge >= 0.3 is 0 Å². The quantitative estimate of drug-likeness (QED) is 0.465. The number of thiazole rings is 1. The SMILES string of the molecule is CCCCN(CC)S(=O)(=O)c1ccc(C(=O)N=c2sc3cccc(OCC)c3n2C)cc1. The van der Waals surface area contributed by atoms with E-state index < -0.39 is 15.9 Å². The Morgan fingerprint density at radius 2 is 1.84 bits per heavy atom. The molecule has 0 radical (unpaired) electrons. The van der Waals surface area contributed by atoms with Gasteiger partial charge in [0.1, 0.15) is 11.3 Å². The van der Waals surface area contributed by atoms with Crippen molar-refractivity contribution in [2.45, 2.75) is 38.5 Å². The zero-order valence-electron chi connectivity index (χ0n) is 18.9. The molecule has 2 aromatic carbocycles. The number of hydrogen-bond donors (Lipinski definition) is 0. The van der Waals surface area contributed by atoms with Crippen LogP contribution in [0.1, 0.15) is 44.0 Å². The smallest absolute Gasteiger partial charge is 0.279 e. The molecule has 0 bridgehead atoms. The molecule has 0 saturated carbocycles. The molecule has 0 spiro atoms. The third-order valence-electron chi connectivity index (χ3n) is 5.14. The fraction of sp³-hybridized carbons (Fsp3) is 0.391. The highest BCUT2D eigenvalue weighted by Gasteiger charge is 2.22. The molecule has 7 nitrogen and oxygen atoms in total. The van der Waals surface area contributed by atoms with Crippen molar-refractivity contribution in [1.29, 1.82) is 0 Å². The Morgan fingerprint density at radius 3 is 2.47 bits per heavy atom. The minimum atomic E-state index is -3.58. The summed E-state index contributed by atoms with van der Waals surface area (Å²) in [5.41, 5.74) is 1.22. The number of fused-ring (bicyclic) bond motifs is 1. The number of ether oxygens (including phenoxy) is 1. The molecule has 0 aliphatic rings. The minimum absolute atomic E-state index is 0.181. The molecule has 0 unspecified atom stereocenters. The van der Waals surface area contributed by atoms with Crippen LogP contribution in [0.5, 0.6) is 5.75 Å². The maximum absolute atomic E-state index is 12.9. The average Bonchev–Trinajstić information content (AvgIpc) is 3.10. The van der Waals surface area contributed by atoms with Gasteiger partial charge < -0.3 is 9.30 Å². The average molecular weight is 476 g/mol. The first-order chi connectivity index (χ1) is 15.3. The molecule has 32 heavy (non-hydrogen) atoms. The number of rotatable bonds is 9. The molecule has 0 saturated heterocycles. The maximum Gasteiger partial charge on any atom is 0.279 e. The monoisotopic (exact) mass is 475 g/mol. The summed E-state index contributed by atoms with van der Waals surface area (Å²) in [6.07, 6.45) is 1.72. The fourth-order valence-electron chi connectivity index (χ4n) is 3.40. The molecular formula is C23H29N3O4S2. The van der Waals surface area contributed by atoms with Crippen molar-refractivity contribution in [2.24, 2.45) is 12.0 Å². The standard InChI is InChI=1S/C23H29N3O4S2/c1-5-8-16-26(6-2)32(28,29)18-14-12-17(13-15-18)22(27)24-23-25(4)21-19(30-7-3)10-9-11-20(21)31-23/h9-15H,5-8,16H2,1-4H3. The number of carbonyl (C=O) groups is 1. The van der Waals surface area contributed by atoms with Crippen LogP contribution in [0.15, 0.2) is 52.4 Å². The topological polar surface area (TPSA) is 81.0 Å². The van der Waals surface area contributed by atoms with E-state index in [4.69, 9.17) is 4.74 Å². The van der Waals surface area contributed by atoms with Crippen molar-refractivity contribution >= 4 is 37.5 Å². The zero-order chi connectivity index (χ0) is 23.3. The molecule has 0 N–H and O–H groups in total. The van der Waals surface area contributed by atoms with E-state index in [1.54, 1.807) is 0 Å². The first-order valence-electron chi connectivity index (χ1n) is 10.7. The third kappa shape index (κ3) is 4.95. The highest BCUT2D eigenvalue weighted by molar-refractivity contribution is 7.89. The van der Waals surface area contributed by atoms with Gasteiger partial charge in [-0.15, -0.1) is 0 Å². The van der Waals surface area contributed by atoms with Crippen LogP contribution in [0.25, 0.3) is 10.2 Å². The van der Waals surface area contributed by atoms with Crippen LogP contribution >= 0.6 is 11.3 Å².